The van der Waals surface area contributed by atoms with Crippen molar-refractivity contribution in [1.29, 1.82) is 0 Å². The topological polar surface area (TPSA) is 25.8 Å². The number of hydrogen-bond acceptors (Lipinski definition) is 2. The van der Waals surface area contributed by atoms with E-state index in [-0.39, 0.29) is 5.02 Å². The number of halogens is 3. The minimum absolute atomic E-state index is 0.00176. The van der Waals surface area contributed by atoms with Crippen LogP contribution in [0.15, 0.2) is 36.4 Å². The van der Waals surface area contributed by atoms with Crippen LogP contribution in [0.3, 0.4) is 0 Å². The highest BCUT2D eigenvalue weighted by atomic mass is 35.5. The molecule has 1 heterocycles. The number of aromatic nitrogens is 2. The van der Waals surface area contributed by atoms with Crippen molar-refractivity contribution in [3.8, 4) is 11.4 Å². The summed E-state index contributed by atoms with van der Waals surface area (Å²) in [6, 6.07) is 10.4. The molecule has 0 fully saturated rings. The second-order valence-corrected chi connectivity index (χ2v) is 5.38. The lowest BCUT2D eigenvalue weighted by molar-refractivity contribution is 0.628. The van der Waals surface area contributed by atoms with Gasteiger partial charge in [-0.05, 0) is 36.2 Å². The van der Waals surface area contributed by atoms with Gasteiger partial charge in [-0.25, -0.2) is 14.4 Å². The van der Waals surface area contributed by atoms with Crippen molar-refractivity contribution < 1.29 is 4.39 Å². The van der Waals surface area contributed by atoms with Gasteiger partial charge in [0.05, 0.1) is 10.5 Å². The molecular weight excluding hydrogens is 310 g/mol. The SMILES string of the molecule is CCc1ccc2nc(-c3cccc(F)c3Cl)nc(Cl)c2c1. The Hall–Kier alpha value is -1.71. The molecule has 3 rings (SSSR count). The zero-order chi connectivity index (χ0) is 15.0. The normalized spacial score (nSPS) is 11.0. The van der Waals surface area contributed by atoms with Gasteiger partial charge in [0.1, 0.15) is 11.0 Å². The fourth-order valence-electron chi connectivity index (χ4n) is 2.16. The van der Waals surface area contributed by atoms with E-state index in [4.69, 9.17) is 23.2 Å². The predicted molar refractivity (Wildman–Crippen MR) is 84.3 cm³/mol. The Morgan fingerprint density at radius 3 is 2.67 bits per heavy atom. The molecule has 0 spiro atoms. The number of benzene rings is 2. The van der Waals surface area contributed by atoms with Crippen LogP contribution in [0.1, 0.15) is 12.5 Å². The number of nitrogens with zero attached hydrogens (tertiary/aromatic N) is 2. The average Bonchev–Trinajstić information content (AvgIpc) is 2.49. The predicted octanol–water partition coefficient (Wildman–Crippen LogP) is 5.31. The van der Waals surface area contributed by atoms with E-state index < -0.39 is 5.82 Å². The van der Waals surface area contributed by atoms with Gasteiger partial charge in [-0.2, -0.15) is 0 Å². The largest absolute Gasteiger partial charge is 0.228 e. The molecule has 106 valence electrons. The van der Waals surface area contributed by atoms with Crippen LogP contribution in [0.4, 0.5) is 4.39 Å². The third-order valence-corrected chi connectivity index (χ3v) is 3.99. The average molecular weight is 321 g/mol. The van der Waals surface area contributed by atoms with Gasteiger partial charge in [0, 0.05) is 10.9 Å². The minimum Gasteiger partial charge on any atom is -0.228 e. The fraction of sp³-hybridized carbons (Fsp3) is 0.125. The van der Waals surface area contributed by atoms with Crippen molar-refractivity contribution in [2.75, 3.05) is 0 Å². The van der Waals surface area contributed by atoms with Crippen molar-refractivity contribution >= 4 is 34.1 Å². The summed E-state index contributed by atoms with van der Waals surface area (Å²) in [5.41, 5.74) is 2.30. The third-order valence-electron chi connectivity index (χ3n) is 3.31. The first-order chi connectivity index (χ1) is 10.1. The Bertz CT molecular complexity index is 834. The monoisotopic (exact) mass is 320 g/mol. The van der Waals surface area contributed by atoms with Crippen LogP contribution in [0, 0.1) is 5.82 Å². The van der Waals surface area contributed by atoms with Crippen molar-refractivity contribution in [2.45, 2.75) is 13.3 Å². The van der Waals surface area contributed by atoms with Crippen molar-refractivity contribution in [3.63, 3.8) is 0 Å². The summed E-state index contributed by atoms with van der Waals surface area (Å²) in [5, 5.41) is 1.12. The Labute approximate surface area is 131 Å². The molecule has 0 N–H and O–H groups in total. The molecule has 2 aromatic carbocycles. The first-order valence-electron chi connectivity index (χ1n) is 6.50. The molecule has 2 nitrogen and oxygen atoms in total. The summed E-state index contributed by atoms with van der Waals surface area (Å²) in [6.07, 6.45) is 0.906. The summed E-state index contributed by atoms with van der Waals surface area (Å²) in [7, 11) is 0. The highest BCUT2D eigenvalue weighted by Crippen LogP contribution is 2.31. The molecule has 1 aromatic heterocycles. The van der Waals surface area contributed by atoms with Gasteiger partial charge >= 0.3 is 0 Å². The highest BCUT2D eigenvalue weighted by Gasteiger charge is 2.13. The maximum Gasteiger partial charge on any atom is 0.163 e. The van der Waals surface area contributed by atoms with Crippen LogP contribution in [0.2, 0.25) is 10.2 Å². The molecule has 0 unspecified atom stereocenters. The van der Waals surface area contributed by atoms with Crippen molar-refractivity contribution in [2.24, 2.45) is 0 Å². The molecule has 0 bridgehead atoms. The zero-order valence-corrected chi connectivity index (χ0v) is 12.7. The lowest BCUT2D eigenvalue weighted by Crippen LogP contribution is -1.94. The third kappa shape index (κ3) is 2.59. The first-order valence-corrected chi connectivity index (χ1v) is 7.26. The molecular formula is C16H11Cl2FN2. The highest BCUT2D eigenvalue weighted by molar-refractivity contribution is 6.35. The fourth-order valence-corrected chi connectivity index (χ4v) is 2.60. The summed E-state index contributed by atoms with van der Waals surface area (Å²) < 4.78 is 13.6. The Balaban J connectivity index is 2.23. The van der Waals surface area contributed by atoms with E-state index in [0.717, 1.165) is 17.4 Å². The Morgan fingerprint density at radius 2 is 1.90 bits per heavy atom. The van der Waals surface area contributed by atoms with Gasteiger partial charge in [-0.1, -0.05) is 42.3 Å². The van der Waals surface area contributed by atoms with E-state index in [2.05, 4.69) is 16.9 Å². The van der Waals surface area contributed by atoms with Crippen LogP contribution < -0.4 is 0 Å². The summed E-state index contributed by atoms with van der Waals surface area (Å²) in [5.74, 6) is -0.184. The van der Waals surface area contributed by atoms with Gasteiger partial charge < -0.3 is 0 Å². The van der Waals surface area contributed by atoms with Crippen LogP contribution in [-0.4, -0.2) is 9.97 Å². The number of hydrogen-bond donors (Lipinski definition) is 0. The lowest BCUT2D eigenvalue weighted by atomic mass is 10.1. The van der Waals surface area contributed by atoms with Gasteiger partial charge in [0.25, 0.3) is 0 Å². The maximum atomic E-state index is 13.6. The Kier molecular flexibility index (Phi) is 3.79. The standard InChI is InChI=1S/C16H11Cl2FN2/c1-2-9-6-7-13-11(8-9)15(18)21-16(20-13)10-4-3-5-12(19)14(10)17/h3-8H,2H2,1H3. The van der Waals surface area contributed by atoms with E-state index in [1.807, 2.05) is 18.2 Å². The van der Waals surface area contributed by atoms with Crippen LogP contribution >= 0.6 is 23.2 Å². The number of aryl methyl sites for hydroxylation is 1. The molecule has 0 aliphatic heterocycles. The summed E-state index contributed by atoms with van der Waals surface area (Å²) >= 11 is 12.2. The van der Waals surface area contributed by atoms with Gasteiger partial charge in [-0.3, -0.25) is 0 Å². The molecule has 0 saturated carbocycles. The van der Waals surface area contributed by atoms with Crippen molar-refractivity contribution in [3.05, 3.63) is 58.0 Å². The smallest absolute Gasteiger partial charge is 0.163 e. The Morgan fingerprint density at radius 1 is 1.10 bits per heavy atom. The van der Waals surface area contributed by atoms with Gasteiger partial charge in [-0.15, -0.1) is 0 Å². The zero-order valence-electron chi connectivity index (χ0n) is 11.2. The van der Waals surface area contributed by atoms with Crippen molar-refractivity contribution in [1.82, 2.24) is 9.97 Å². The maximum absolute atomic E-state index is 13.6. The lowest BCUT2D eigenvalue weighted by Gasteiger charge is -2.07. The van der Waals surface area contributed by atoms with E-state index in [1.54, 1.807) is 12.1 Å². The van der Waals surface area contributed by atoms with Crippen LogP contribution in [-0.2, 0) is 6.42 Å². The quantitative estimate of drug-likeness (QED) is 0.598. The minimum atomic E-state index is -0.504. The first kappa shape index (κ1) is 14.2. The molecule has 0 aliphatic carbocycles. The number of rotatable bonds is 2. The van der Waals surface area contributed by atoms with E-state index in [9.17, 15) is 4.39 Å². The van der Waals surface area contributed by atoms with E-state index in [0.29, 0.717) is 22.1 Å². The molecule has 0 amide bonds. The van der Waals surface area contributed by atoms with Gasteiger partial charge in [0.15, 0.2) is 5.82 Å². The molecule has 0 aliphatic rings. The van der Waals surface area contributed by atoms with Crippen LogP contribution in [0.25, 0.3) is 22.3 Å². The molecule has 5 heteroatoms. The number of fused-ring (bicyclic) bond motifs is 1. The summed E-state index contributed by atoms with van der Waals surface area (Å²) in [4.78, 5) is 8.69. The van der Waals surface area contributed by atoms with E-state index >= 15 is 0 Å². The second-order valence-electron chi connectivity index (χ2n) is 4.64. The molecule has 0 atom stereocenters. The van der Waals surface area contributed by atoms with E-state index in [1.165, 1.54) is 6.07 Å². The molecule has 3 aromatic rings. The van der Waals surface area contributed by atoms with Gasteiger partial charge in [0.2, 0.25) is 0 Å². The molecule has 0 saturated heterocycles. The summed E-state index contributed by atoms with van der Waals surface area (Å²) in [6.45, 7) is 2.07. The molecule has 21 heavy (non-hydrogen) atoms. The second kappa shape index (κ2) is 5.58. The molecule has 0 radical (unpaired) electrons. The van der Waals surface area contributed by atoms with Crippen LogP contribution in [0.5, 0.6) is 0 Å².